The van der Waals surface area contributed by atoms with Gasteiger partial charge in [-0.25, -0.2) is 0 Å². The molecule has 0 aromatic heterocycles. The summed E-state index contributed by atoms with van der Waals surface area (Å²) >= 11 is 0. The summed E-state index contributed by atoms with van der Waals surface area (Å²) in [4.78, 5) is 15.6. The van der Waals surface area contributed by atoms with Gasteiger partial charge in [-0.2, -0.15) is 0 Å². The van der Waals surface area contributed by atoms with Crippen molar-refractivity contribution in [3.05, 3.63) is 0 Å². The van der Waals surface area contributed by atoms with Gasteiger partial charge in [0.05, 0.1) is 12.5 Å². The fourth-order valence-electron chi connectivity index (χ4n) is 2.62. The Labute approximate surface area is 90.9 Å². The van der Waals surface area contributed by atoms with E-state index < -0.39 is 6.10 Å². The number of aliphatic hydroxyl groups excluding tert-OH is 1. The molecular formula is C11H20N2O2. The first-order valence-electron chi connectivity index (χ1n) is 5.83. The number of aliphatic hydroxyl groups is 1. The molecule has 2 heterocycles. The van der Waals surface area contributed by atoms with Crippen molar-refractivity contribution in [1.82, 2.24) is 9.80 Å². The average molecular weight is 212 g/mol. The van der Waals surface area contributed by atoms with Gasteiger partial charge in [0.25, 0.3) is 0 Å². The van der Waals surface area contributed by atoms with E-state index >= 15 is 0 Å². The second-order valence-electron chi connectivity index (χ2n) is 4.76. The molecule has 15 heavy (non-hydrogen) atoms. The van der Waals surface area contributed by atoms with Gasteiger partial charge in [-0.1, -0.05) is 0 Å². The molecule has 0 aliphatic carbocycles. The SMILES string of the molecule is CN1CCCC1CCN1CC(O)CC1=O. The first-order chi connectivity index (χ1) is 7.16. The fraction of sp³-hybridized carbons (Fsp3) is 0.909. The lowest BCUT2D eigenvalue weighted by atomic mass is 10.1. The number of nitrogens with zero attached hydrogens (tertiary/aromatic N) is 2. The molecule has 2 saturated heterocycles. The second-order valence-corrected chi connectivity index (χ2v) is 4.76. The number of β-amino-alcohol motifs (C(OH)–C–C–N with tert-alkyl or cyclic N) is 1. The summed E-state index contributed by atoms with van der Waals surface area (Å²) in [6.45, 7) is 2.53. The van der Waals surface area contributed by atoms with E-state index in [1.54, 1.807) is 4.90 Å². The van der Waals surface area contributed by atoms with Crippen LogP contribution in [0.4, 0.5) is 0 Å². The minimum atomic E-state index is -0.432. The van der Waals surface area contributed by atoms with E-state index in [2.05, 4.69) is 11.9 Å². The summed E-state index contributed by atoms with van der Waals surface area (Å²) in [5.74, 6) is 0.114. The molecule has 2 aliphatic rings. The molecule has 0 saturated carbocycles. The maximum Gasteiger partial charge on any atom is 0.225 e. The summed E-state index contributed by atoms with van der Waals surface area (Å²) in [6, 6.07) is 0.635. The van der Waals surface area contributed by atoms with Crippen LogP contribution >= 0.6 is 0 Å². The Bertz CT molecular complexity index is 245. The van der Waals surface area contributed by atoms with E-state index in [4.69, 9.17) is 0 Å². The molecule has 0 aromatic carbocycles. The number of carbonyl (C=O) groups excluding carboxylic acids is 1. The number of rotatable bonds is 3. The molecule has 86 valence electrons. The van der Waals surface area contributed by atoms with Gasteiger partial charge in [0.15, 0.2) is 0 Å². The van der Waals surface area contributed by atoms with Crippen LogP contribution in [0, 0.1) is 0 Å². The molecule has 0 spiro atoms. The number of hydrogen-bond donors (Lipinski definition) is 1. The van der Waals surface area contributed by atoms with Gasteiger partial charge in [-0.3, -0.25) is 4.79 Å². The Hall–Kier alpha value is -0.610. The van der Waals surface area contributed by atoms with E-state index in [1.165, 1.54) is 19.4 Å². The van der Waals surface area contributed by atoms with Crippen LogP contribution in [0.1, 0.15) is 25.7 Å². The first-order valence-corrected chi connectivity index (χ1v) is 5.83. The monoisotopic (exact) mass is 212 g/mol. The predicted octanol–water partition coefficient (Wildman–Crippen LogP) is 0.0639. The van der Waals surface area contributed by atoms with Gasteiger partial charge in [0.1, 0.15) is 0 Å². The summed E-state index contributed by atoms with van der Waals surface area (Å²) in [6.07, 6.45) is 3.47. The molecule has 2 rings (SSSR count). The molecule has 0 radical (unpaired) electrons. The Morgan fingerprint density at radius 3 is 2.87 bits per heavy atom. The number of carbonyl (C=O) groups is 1. The van der Waals surface area contributed by atoms with Crippen LogP contribution in [0.2, 0.25) is 0 Å². The van der Waals surface area contributed by atoms with Crippen molar-refractivity contribution in [2.24, 2.45) is 0 Å². The normalized spacial score (nSPS) is 32.9. The lowest BCUT2D eigenvalue weighted by Crippen LogP contribution is -2.33. The van der Waals surface area contributed by atoms with Crippen molar-refractivity contribution < 1.29 is 9.90 Å². The van der Waals surface area contributed by atoms with Crippen LogP contribution in [0.5, 0.6) is 0 Å². The highest BCUT2D eigenvalue weighted by molar-refractivity contribution is 5.78. The summed E-state index contributed by atoms with van der Waals surface area (Å²) < 4.78 is 0. The molecule has 2 unspecified atom stereocenters. The molecule has 1 amide bonds. The molecular weight excluding hydrogens is 192 g/mol. The Kier molecular flexibility index (Phi) is 3.26. The molecule has 4 heteroatoms. The third kappa shape index (κ3) is 2.49. The largest absolute Gasteiger partial charge is 0.391 e. The van der Waals surface area contributed by atoms with E-state index in [1.807, 2.05) is 0 Å². The maximum atomic E-state index is 11.4. The van der Waals surface area contributed by atoms with E-state index in [-0.39, 0.29) is 5.91 Å². The molecule has 0 aromatic rings. The zero-order chi connectivity index (χ0) is 10.8. The molecule has 4 nitrogen and oxygen atoms in total. The zero-order valence-electron chi connectivity index (χ0n) is 9.35. The van der Waals surface area contributed by atoms with Crippen LogP contribution in [0.15, 0.2) is 0 Å². The number of amides is 1. The van der Waals surface area contributed by atoms with E-state index in [9.17, 15) is 9.90 Å². The van der Waals surface area contributed by atoms with Crippen LogP contribution in [-0.4, -0.2) is 59.6 Å². The quantitative estimate of drug-likeness (QED) is 0.719. The summed E-state index contributed by atoms with van der Waals surface area (Å²) in [5.41, 5.74) is 0. The summed E-state index contributed by atoms with van der Waals surface area (Å²) in [7, 11) is 2.15. The van der Waals surface area contributed by atoms with Crippen molar-refractivity contribution in [3.63, 3.8) is 0 Å². The maximum absolute atomic E-state index is 11.4. The molecule has 2 fully saturated rings. The van der Waals surface area contributed by atoms with Crippen LogP contribution in [0.25, 0.3) is 0 Å². The van der Waals surface area contributed by atoms with Crippen LogP contribution < -0.4 is 0 Å². The highest BCUT2D eigenvalue weighted by Crippen LogP contribution is 2.19. The topological polar surface area (TPSA) is 43.8 Å². The van der Waals surface area contributed by atoms with Gasteiger partial charge < -0.3 is 14.9 Å². The van der Waals surface area contributed by atoms with Gasteiger partial charge >= 0.3 is 0 Å². The molecule has 2 atom stereocenters. The van der Waals surface area contributed by atoms with E-state index in [0.29, 0.717) is 19.0 Å². The minimum absolute atomic E-state index is 0.114. The van der Waals surface area contributed by atoms with Crippen molar-refractivity contribution in [1.29, 1.82) is 0 Å². The third-order valence-electron chi connectivity index (χ3n) is 3.60. The predicted molar refractivity (Wildman–Crippen MR) is 57.5 cm³/mol. The Morgan fingerprint density at radius 1 is 1.53 bits per heavy atom. The van der Waals surface area contributed by atoms with Gasteiger partial charge in [-0.05, 0) is 32.9 Å². The Balaban J connectivity index is 1.76. The van der Waals surface area contributed by atoms with E-state index in [0.717, 1.165) is 13.0 Å². The van der Waals surface area contributed by atoms with Gasteiger partial charge in [0.2, 0.25) is 5.91 Å². The fourth-order valence-corrected chi connectivity index (χ4v) is 2.62. The second kappa shape index (κ2) is 4.49. The van der Waals surface area contributed by atoms with Crippen molar-refractivity contribution in [2.75, 3.05) is 26.7 Å². The number of hydrogen-bond acceptors (Lipinski definition) is 3. The van der Waals surface area contributed by atoms with Crippen LogP contribution in [0.3, 0.4) is 0 Å². The summed E-state index contributed by atoms with van der Waals surface area (Å²) in [5, 5.41) is 9.34. The Morgan fingerprint density at radius 2 is 2.33 bits per heavy atom. The van der Waals surface area contributed by atoms with Crippen molar-refractivity contribution >= 4 is 5.91 Å². The smallest absolute Gasteiger partial charge is 0.225 e. The van der Waals surface area contributed by atoms with Gasteiger partial charge in [0, 0.05) is 19.1 Å². The lowest BCUT2D eigenvalue weighted by molar-refractivity contribution is -0.127. The highest BCUT2D eigenvalue weighted by atomic mass is 16.3. The third-order valence-corrected chi connectivity index (χ3v) is 3.60. The molecule has 1 N–H and O–H groups in total. The minimum Gasteiger partial charge on any atom is -0.391 e. The van der Waals surface area contributed by atoms with Crippen molar-refractivity contribution in [3.8, 4) is 0 Å². The van der Waals surface area contributed by atoms with Gasteiger partial charge in [-0.15, -0.1) is 0 Å². The standard InChI is InChI=1S/C11H20N2O2/c1-12-5-2-3-9(12)4-6-13-8-10(14)7-11(13)15/h9-10,14H,2-8H2,1H3. The lowest BCUT2D eigenvalue weighted by Gasteiger charge is -2.23. The average Bonchev–Trinajstić information content (AvgIpc) is 2.70. The number of likely N-dealkylation sites (tertiary alicyclic amines) is 2. The first kappa shape index (κ1) is 10.9. The van der Waals surface area contributed by atoms with Crippen molar-refractivity contribution in [2.45, 2.75) is 37.8 Å². The van der Waals surface area contributed by atoms with Crippen LogP contribution in [-0.2, 0) is 4.79 Å². The molecule has 0 bridgehead atoms. The molecule has 2 aliphatic heterocycles. The highest BCUT2D eigenvalue weighted by Gasteiger charge is 2.29. The zero-order valence-corrected chi connectivity index (χ0v) is 9.35.